The second-order valence-corrected chi connectivity index (χ2v) is 8.44. The first kappa shape index (κ1) is 21.5. The summed E-state index contributed by atoms with van der Waals surface area (Å²) in [5, 5.41) is 22.5. The molecule has 3 heterocycles. The number of hydrogen-bond acceptors (Lipinski definition) is 8. The van der Waals surface area contributed by atoms with Gasteiger partial charge in [0.25, 0.3) is 0 Å². The summed E-state index contributed by atoms with van der Waals surface area (Å²) in [6.07, 6.45) is -0.810. The monoisotopic (exact) mass is 412 g/mol. The van der Waals surface area contributed by atoms with Gasteiger partial charge < -0.3 is 29.5 Å². The molecule has 132 valence electrons. The second-order valence-electron chi connectivity index (χ2n) is 5.75. The van der Waals surface area contributed by atoms with Gasteiger partial charge in [-0.3, -0.25) is 4.79 Å². The van der Waals surface area contributed by atoms with Crippen molar-refractivity contribution in [1.29, 1.82) is 0 Å². The van der Waals surface area contributed by atoms with Gasteiger partial charge >= 0.3 is 29.6 Å². The second kappa shape index (κ2) is 8.92. The number of morpholine rings is 1. The van der Waals surface area contributed by atoms with Gasteiger partial charge in [-0.25, -0.2) is 0 Å². The van der Waals surface area contributed by atoms with Crippen molar-refractivity contribution >= 4 is 51.9 Å². The minimum atomic E-state index is -1.31. The third kappa shape index (κ3) is 4.21. The predicted molar refractivity (Wildman–Crippen MR) is 92.9 cm³/mol. The molecule has 0 aromatic carbocycles. The third-order valence-electron chi connectivity index (χ3n) is 4.21. The number of ether oxygens (including phenoxy) is 1. The number of fused-ring (bicyclic) bond motifs is 1. The Morgan fingerprint density at radius 3 is 2.72 bits per heavy atom. The first-order valence-electron chi connectivity index (χ1n) is 7.53. The van der Waals surface area contributed by atoms with E-state index in [9.17, 15) is 19.8 Å². The molecule has 0 aromatic rings. The average Bonchev–Trinajstić information content (AvgIpc) is 2.87. The van der Waals surface area contributed by atoms with E-state index in [0.717, 1.165) is 0 Å². The maximum Gasteiger partial charge on any atom is 1.00 e. The first-order chi connectivity index (χ1) is 11.4. The van der Waals surface area contributed by atoms with Crippen LogP contribution in [0.4, 0.5) is 0 Å². The molecule has 3 saturated heterocycles. The third-order valence-corrected chi connectivity index (χ3v) is 7.12. The summed E-state index contributed by atoms with van der Waals surface area (Å²) in [6, 6.07) is -1.09. The molecule has 1 N–H and O–H groups in total. The van der Waals surface area contributed by atoms with E-state index in [1.54, 1.807) is 12.3 Å². The molecule has 3 aliphatic rings. The van der Waals surface area contributed by atoms with Crippen molar-refractivity contribution in [2.24, 2.45) is 5.92 Å². The Morgan fingerprint density at radius 2 is 2.16 bits per heavy atom. The molecule has 0 radical (unpaired) electrons. The van der Waals surface area contributed by atoms with Crippen LogP contribution in [0.1, 0.15) is 6.92 Å². The minimum absolute atomic E-state index is 0. The number of rotatable bonds is 3. The van der Waals surface area contributed by atoms with E-state index in [1.807, 2.05) is 4.90 Å². The van der Waals surface area contributed by atoms with Crippen LogP contribution in [0.2, 0.25) is 0 Å². The number of hydrogen-bond donors (Lipinski definition) is 1. The van der Waals surface area contributed by atoms with Gasteiger partial charge in [0.1, 0.15) is 10.4 Å². The molecule has 1 amide bonds. The summed E-state index contributed by atoms with van der Waals surface area (Å²) in [5.74, 6) is -2.23. The van der Waals surface area contributed by atoms with Gasteiger partial charge in [-0.1, -0.05) is 24.0 Å². The first-order valence-corrected chi connectivity index (χ1v) is 9.69. The van der Waals surface area contributed by atoms with Gasteiger partial charge in [0.2, 0.25) is 5.91 Å². The Balaban J connectivity index is 0.00000225. The van der Waals surface area contributed by atoms with Crippen LogP contribution < -0.4 is 34.7 Å². The molecule has 11 heteroatoms. The van der Waals surface area contributed by atoms with E-state index < -0.39 is 24.0 Å². The number of thiocarbonyl (C=S) groups is 1. The molecule has 1 unspecified atom stereocenters. The standard InChI is InChI=1S/C14H18N2O5S3.Na/c1-7(17)9-11(18)16-10(13(19)20)8(24-12(9)16)6-23-14(22)15-2-4-21-5-3-15;/h6-7,9-10,12,17H,2-5H2,1H3,(H,19,20);/q;+1/p-1/t7-,9+,10?,12-;/m1./s1. The van der Waals surface area contributed by atoms with E-state index in [1.165, 1.54) is 28.4 Å². The smallest absolute Gasteiger partial charge is 0.547 e. The van der Waals surface area contributed by atoms with Crippen LogP contribution in [-0.4, -0.2) is 74.9 Å². The zero-order chi connectivity index (χ0) is 17.4. The van der Waals surface area contributed by atoms with E-state index >= 15 is 0 Å². The fraction of sp³-hybridized carbons (Fsp3) is 0.643. The topological polar surface area (TPSA) is 93.1 Å². The number of nitrogens with zero attached hydrogens (tertiary/aromatic N) is 2. The fourth-order valence-electron chi connectivity index (χ4n) is 2.95. The van der Waals surface area contributed by atoms with Crippen LogP contribution in [0, 0.1) is 5.92 Å². The molecule has 3 rings (SSSR count). The number of carbonyl (C=O) groups is 2. The van der Waals surface area contributed by atoms with Crippen molar-refractivity contribution < 1.29 is 54.1 Å². The summed E-state index contributed by atoms with van der Waals surface area (Å²) in [5.41, 5.74) is 0. The minimum Gasteiger partial charge on any atom is -0.547 e. The number of thioether (sulfide) groups is 2. The van der Waals surface area contributed by atoms with Crippen LogP contribution in [0.15, 0.2) is 10.3 Å². The van der Waals surface area contributed by atoms with E-state index in [-0.39, 0.29) is 40.8 Å². The van der Waals surface area contributed by atoms with Crippen molar-refractivity contribution in [2.75, 3.05) is 26.3 Å². The SMILES string of the molecule is C[C@@H](O)[C@H]1C(=O)N2C(C(=O)[O-])C(=CSC(=S)N3CCOCC3)S[C@H]12.[Na+]. The van der Waals surface area contributed by atoms with E-state index in [2.05, 4.69) is 0 Å². The quantitative estimate of drug-likeness (QED) is 0.285. The maximum absolute atomic E-state index is 12.1. The molecule has 0 aliphatic carbocycles. The number of aliphatic carboxylic acids is 1. The molecule has 0 aromatic heterocycles. The van der Waals surface area contributed by atoms with Crippen LogP contribution in [0.25, 0.3) is 0 Å². The normalized spacial score (nSPS) is 31.2. The average molecular weight is 412 g/mol. The van der Waals surface area contributed by atoms with Crippen molar-refractivity contribution in [3.8, 4) is 0 Å². The van der Waals surface area contributed by atoms with Crippen molar-refractivity contribution in [3.05, 3.63) is 10.3 Å². The molecular formula is C14H17N2NaO5S3. The fourth-order valence-corrected chi connectivity index (χ4v) is 5.77. The molecular weight excluding hydrogens is 395 g/mol. The van der Waals surface area contributed by atoms with Crippen molar-refractivity contribution in [2.45, 2.75) is 24.4 Å². The maximum atomic E-state index is 12.1. The van der Waals surface area contributed by atoms with Crippen LogP contribution >= 0.6 is 35.7 Å². The van der Waals surface area contributed by atoms with Gasteiger partial charge in [-0.15, -0.1) is 11.8 Å². The Bertz CT molecular complexity index is 597. The van der Waals surface area contributed by atoms with Crippen LogP contribution in [-0.2, 0) is 14.3 Å². The number of β-lactam (4-membered cyclic amide) rings is 1. The van der Waals surface area contributed by atoms with Crippen LogP contribution in [0.5, 0.6) is 0 Å². The molecule has 0 spiro atoms. The Kier molecular flexibility index (Phi) is 7.67. The van der Waals surface area contributed by atoms with Gasteiger partial charge in [0.05, 0.1) is 36.6 Å². The Hall–Kier alpha value is 0.190. The van der Waals surface area contributed by atoms with Gasteiger partial charge in [0.15, 0.2) is 0 Å². The van der Waals surface area contributed by atoms with E-state index in [4.69, 9.17) is 17.0 Å². The number of aliphatic hydroxyl groups is 1. The summed E-state index contributed by atoms with van der Waals surface area (Å²) >= 11 is 7.93. The summed E-state index contributed by atoms with van der Waals surface area (Å²) in [6.45, 7) is 4.20. The number of carboxylic acids is 1. The Labute approximate surface area is 181 Å². The Morgan fingerprint density at radius 1 is 1.52 bits per heavy atom. The molecule has 3 fully saturated rings. The number of carboxylic acid groups (broad SMARTS) is 1. The number of amides is 1. The van der Waals surface area contributed by atoms with Crippen molar-refractivity contribution in [3.63, 3.8) is 0 Å². The van der Waals surface area contributed by atoms with Crippen LogP contribution in [0.3, 0.4) is 0 Å². The number of carbonyl (C=O) groups excluding carboxylic acids is 2. The molecule has 25 heavy (non-hydrogen) atoms. The van der Waals surface area contributed by atoms with Gasteiger partial charge in [-0.05, 0) is 12.3 Å². The molecule has 3 aliphatic heterocycles. The van der Waals surface area contributed by atoms with Gasteiger partial charge in [0, 0.05) is 18.0 Å². The molecule has 0 bridgehead atoms. The zero-order valence-corrected chi connectivity index (χ0v) is 18.4. The largest absolute Gasteiger partial charge is 1.00 e. The number of aliphatic hydroxyl groups excluding tert-OH is 1. The molecule has 0 saturated carbocycles. The summed E-state index contributed by atoms with van der Waals surface area (Å²) in [4.78, 5) is 27.4. The summed E-state index contributed by atoms with van der Waals surface area (Å²) in [7, 11) is 0. The molecule has 7 nitrogen and oxygen atoms in total. The van der Waals surface area contributed by atoms with Crippen molar-refractivity contribution in [1.82, 2.24) is 9.80 Å². The zero-order valence-electron chi connectivity index (χ0n) is 13.9. The predicted octanol–water partition coefficient (Wildman–Crippen LogP) is -3.79. The molecule has 4 atom stereocenters. The summed E-state index contributed by atoms with van der Waals surface area (Å²) < 4.78 is 5.92. The van der Waals surface area contributed by atoms with Gasteiger partial charge in [-0.2, -0.15) is 0 Å². The van der Waals surface area contributed by atoms with E-state index in [0.29, 0.717) is 35.5 Å².